The molecule has 2 fully saturated rings. The summed E-state index contributed by atoms with van der Waals surface area (Å²) >= 11 is 12.2. The Morgan fingerprint density at radius 1 is 1.13 bits per heavy atom. The molecule has 158 valence electrons. The Kier molecular flexibility index (Phi) is 6.00. The fraction of sp³-hybridized carbons (Fsp3) is 0.364. The lowest BCUT2D eigenvalue weighted by molar-refractivity contribution is -0.179. The summed E-state index contributed by atoms with van der Waals surface area (Å²) < 4.78 is 20.8. The van der Waals surface area contributed by atoms with Crippen molar-refractivity contribution in [3.63, 3.8) is 0 Å². The fourth-order valence-electron chi connectivity index (χ4n) is 3.86. The molecule has 0 bridgehead atoms. The van der Waals surface area contributed by atoms with Gasteiger partial charge in [-0.15, -0.1) is 0 Å². The maximum absolute atomic E-state index is 14.8. The van der Waals surface area contributed by atoms with Crippen molar-refractivity contribution < 1.29 is 23.8 Å². The Morgan fingerprint density at radius 2 is 1.80 bits per heavy atom. The fourth-order valence-corrected chi connectivity index (χ4v) is 4.17. The van der Waals surface area contributed by atoms with Crippen LogP contribution in [0.3, 0.4) is 0 Å². The van der Waals surface area contributed by atoms with Gasteiger partial charge in [-0.25, -0.2) is 4.39 Å². The van der Waals surface area contributed by atoms with Gasteiger partial charge in [0, 0.05) is 22.2 Å². The van der Waals surface area contributed by atoms with Crippen LogP contribution in [0.25, 0.3) is 0 Å². The standard InChI is InChI=1S/C22H20Cl2FNO4/c23-14-5-3-13(4-6-14)20-21(16-9-15(24)7-8-17(16)25)30-18(10-19(27)28)22(29)26(20)11-12-1-2-12/h3-9,12,18,20-21H,1-2,10-11H2,(H,27,28)/t18-,20-,21-/m1/s1. The van der Waals surface area contributed by atoms with E-state index in [1.807, 2.05) is 0 Å². The van der Waals surface area contributed by atoms with E-state index < -0.39 is 42.4 Å². The quantitative estimate of drug-likeness (QED) is 0.668. The van der Waals surface area contributed by atoms with E-state index in [1.165, 1.54) is 18.2 Å². The van der Waals surface area contributed by atoms with Gasteiger partial charge in [0.2, 0.25) is 0 Å². The third kappa shape index (κ3) is 4.46. The molecule has 2 aromatic carbocycles. The van der Waals surface area contributed by atoms with Crippen molar-refractivity contribution in [2.45, 2.75) is 37.5 Å². The van der Waals surface area contributed by atoms with Crippen molar-refractivity contribution in [1.82, 2.24) is 4.90 Å². The number of halogens is 3. The second-order valence-electron chi connectivity index (χ2n) is 7.74. The van der Waals surface area contributed by atoms with Crippen LogP contribution < -0.4 is 0 Å². The van der Waals surface area contributed by atoms with E-state index in [9.17, 15) is 19.1 Å². The predicted molar refractivity (Wildman–Crippen MR) is 110 cm³/mol. The molecule has 1 N–H and O–H groups in total. The molecule has 30 heavy (non-hydrogen) atoms. The summed E-state index contributed by atoms with van der Waals surface area (Å²) in [6, 6.07) is 10.5. The predicted octanol–water partition coefficient (Wildman–Crippen LogP) is 5.03. The van der Waals surface area contributed by atoms with Gasteiger partial charge in [-0.3, -0.25) is 9.59 Å². The molecular weight excluding hydrogens is 432 g/mol. The third-order valence-corrected chi connectivity index (χ3v) is 5.97. The molecule has 5 nitrogen and oxygen atoms in total. The average molecular weight is 452 g/mol. The van der Waals surface area contributed by atoms with Crippen molar-refractivity contribution in [3.8, 4) is 0 Å². The van der Waals surface area contributed by atoms with E-state index in [2.05, 4.69) is 0 Å². The Labute approximate surface area is 183 Å². The zero-order chi connectivity index (χ0) is 21.4. The number of hydrogen-bond acceptors (Lipinski definition) is 3. The number of carbonyl (C=O) groups excluding carboxylic acids is 1. The maximum atomic E-state index is 14.8. The van der Waals surface area contributed by atoms with Crippen LogP contribution in [0.5, 0.6) is 0 Å². The summed E-state index contributed by atoms with van der Waals surface area (Å²) in [5, 5.41) is 10.1. The summed E-state index contributed by atoms with van der Waals surface area (Å²) in [4.78, 5) is 26.2. The van der Waals surface area contributed by atoms with E-state index in [0.717, 1.165) is 18.4 Å². The van der Waals surface area contributed by atoms with Gasteiger partial charge in [0.25, 0.3) is 5.91 Å². The van der Waals surface area contributed by atoms with Crippen LogP contribution in [0.2, 0.25) is 10.0 Å². The number of benzene rings is 2. The van der Waals surface area contributed by atoms with Gasteiger partial charge in [0.1, 0.15) is 18.0 Å². The number of carbonyl (C=O) groups is 2. The van der Waals surface area contributed by atoms with Gasteiger partial charge in [-0.2, -0.15) is 0 Å². The van der Waals surface area contributed by atoms with Crippen molar-refractivity contribution in [2.75, 3.05) is 6.54 Å². The van der Waals surface area contributed by atoms with Crippen LogP contribution in [0.15, 0.2) is 42.5 Å². The first-order chi connectivity index (χ1) is 14.3. The molecule has 1 aliphatic heterocycles. The van der Waals surface area contributed by atoms with Crippen molar-refractivity contribution >= 4 is 35.1 Å². The Bertz CT molecular complexity index is 964. The Hall–Kier alpha value is -2.15. The van der Waals surface area contributed by atoms with E-state index in [4.69, 9.17) is 27.9 Å². The minimum absolute atomic E-state index is 0.186. The molecule has 2 aromatic rings. The number of rotatable bonds is 6. The van der Waals surface area contributed by atoms with Crippen LogP contribution in [0.4, 0.5) is 4.39 Å². The van der Waals surface area contributed by atoms with Crippen molar-refractivity contribution in [3.05, 3.63) is 69.5 Å². The highest BCUT2D eigenvalue weighted by Gasteiger charge is 2.46. The third-order valence-electron chi connectivity index (χ3n) is 5.48. The molecule has 0 aromatic heterocycles. The minimum Gasteiger partial charge on any atom is -0.481 e. The second-order valence-corrected chi connectivity index (χ2v) is 8.61. The van der Waals surface area contributed by atoms with E-state index >= 15 is 0 Å². The molecule has 1 heterocycles. The van der Waals surface area contributed by atoms with Crippen LogP contribution in [0, 0.1) is 11.7 Å². The van der Waals surface area contributed by atoms with E-state index in [1.54, 1.807) is 29.2 Å². The molecule has 3 atom stereocenters. The Balaban J connectivity index is 1.82. The molecule has 0 radical (unpaired) electrons. The number of ether oxygens (including phenoxy) is 1. The lowest BCUT2D eigenvalue weighted by Crippen LogP contribution is -2.52. The number of carboxylic acids is 1. The van der Waals surface area contributed by atoms with E-state index in [0.29, 0.717) is 22.5 Å². The molecule has 0 unspecified atom stereocenters. The molecule has 1 saturated carbocycles. The summed E-state index contributed by atoms with van der Waals surface area (Å²) in [5.74, 6) is -1.74. The van der Waals surface area contributed by atoms with Gasteiger partial charge >= 0.3 is 5.97 Å². The number of hydrogen-bond donors (Lipinski definition) is 1. The topological polar surface area (TPSA) is 66.8 Å². The summed E-state index contributed by atoms with van der Waals surface area (Å²) in [5.41, 5.74) is 0.915. The zero-order valence-electron chi connectivity index (χ0n) is 15.9. The lowest BCUT2D eigenvalue weighted by Gasteiger charge is -2.45. The lowest BCUT2D eigenvalue weighted by atomic mass is 9.90. The van der Waals surface area contributed by atoms with Crippen LogP contribution in [-0.2, 0) is 14.3 Å². The smallest absolute Gasteiger partial charge is 0.306 e. The van der Waals surface area contributed by atoms with Gasteiger partial charge in [-0.05, 0) is 54.7 Å². The summed E-state index contributed by atoms with van der Waals surface area (Å²) in [6.45, 7) is 0.463. The normalized spacial score (nSPS) is 24.2. The zero-order valence-corrected chi connectivity index (χ0v) is 17.4. The molecule has 1 aliphatic carbocycles. The average Bonchev–Trinajstić information content (AvgIpc) is 3.51. The number of aliphatic carboxylic acids is 1. The second kappa shape index (κ2) is 8.53. The summed E-state index contributed by atoms with van der Waals surface area (Å²) in [6.07, 6.45) is -0.611. The van der Waals surface area contributed by atoms with Gasteiger partial charge in [0.05, 0.1) is 12.5 Å². The van der Waals surface area contributed by atoms with Crippen molar-refractivity contribution in [2.24, 2.45) is 5.92 Å². The van der Waals surface area contributed by atoms with E-state index in [-0.39, 0.29) is 5.56 Å². The largest absolute Gasteiger partial charge is 0.481 e. The van der Waals surface area contributed by atoms with Crippen LogP contribution >= 0.6 is 23.2 Å². The van der Waals surface area contributed by atoms with Crippen LogP contribution in [0.1, 0.15) is 42.5 Å². The first kappa shape index (κ1) is 21.1. The molecule has 1 amide bonds. The number of nitrogens with zero attached hydrogens (tertiary/aromatic N) is 1. The van der Waals surface area contributed by atoms with Gasteiger partial charge in [0.15, 0.2) is 0 Å². The number of amides is 1. The van der Waals surface area contributed by atoms with Crippen molar-refractivity contribution in [1.29, 1.82) is 0 Å². The molecule has 2 aliphatic rings. The SMILES string of the molecule is O=C(O)C[C@H]1O[C@H](c2cc(Cl)ccc2F)[C@@H](c2ccc(Cl)cc2)N(CC2CC2)C1=O. The minimum atomic E-state index is -1.20. The monoisotopic (exact) mass is 451 g/mol. The highest BCUT2D eigenvalue weighted by atomic mass is 35.5. The molecule has 0 spiro atoms. The first-order valence-electron chi connectivity index (χ1n) is 9.71. The molecule has 1 saturated heterocycles. The molecule has 4 rings (SSSR count). The molecule has 8 heteroatoms. The first-order valence-corrected chi connectivity index (χ1v) is 10.5. The number of morpholine rings is 1. The van der Waals surface area contributed by atoms with Gasteiger partial charge in [-0.1, -0.05) is 35.3 Å². The number of carboxylic acid groups (broad SMARTS) is 1. The highest BCUT2D eigenvalue weighted by Crippen LogP contribution is 2.45. The molecular formula is C22H20Cl2FNO4. The van der Waals surface area contributed by atoms with Gasteiger partial charge < -0.3 is 14.7 Å². The summed E-state index contributed by atoms with van der Waals surface area (Å²) in [7, 11) is 0. The maximum Gasteiger partial charge on any atom is 0.306 e. The highest BCUT2D eigenvalue weighted by molar-refractivity contribution is 6.30. The Morgan fingerprint density at radius 3 is 2.43 bits per heavy atom. The van der Waals surface area contributed by atoms with Crippen LogP contribution in [-0.4, -0.2) is 34.5 Å².